The molecule has 2 amide bonds. The Kier molecular flexibility index (Phi) is 4.85. The highest BCUT2D eigenvalue weighted by Crippen LogP contribution is 2.27. The normalized spacial score (nSPS) is 13.7. The molecule has 2 N–H and O–H groups in total. The largest absolute Gasteiger partial charge is 0.326 e. The van der Waals surface area contributed by atoms with E-state index in [0.717, 1.165) is 29.2 Å². The Hall–Kier alpha value is -1.89. The molecule has 22 heavy (non-hydrogen) atoms. The van der Waals surface area contributed by atoms with Crippen molar-refractivity contribution in [1.29, 1.82) is 0 Å². The third kappa shape index (κ3) is 3.47. The van der Waals surface area contributed by atoms with Gasteiger partial charge >= 0.3 is 6.03 Å². The number of urea groups is 1. The zero-order valence-electron chi connectivity index (χ0n) is 13.7. The molecule has 2 aromatic rings. The van der Waals surface area contributed by atoms with Gasteiger partial charge in [0.05, 0.1) is 11.2 Å². The summed E-state index contributed by atoms with van der Waals surface area (Å²) >= 11 is 1.57. The third-order valence-electron chi connectivity index (χ3n) is 3.72. The van der Waals surface area contributed by atoms with Gasteiger partial charge in [0.25, 0.3) is 0 Å². The number of rotatable bonds is 5. The van der Waals surface area contributed by atoms with Crippen molar-refractivity contribution in [2.75, 3.05) is 5.32 Å². The van der Waals surface area contributed by atoms with Crippen molar-refractivity contribution in [1.82, 2.24) is 20.1 Å². The van der Waals surface area contributed by atoms with Gasteiger partial charge in [-0.1, -0.05) is 13.8 Å². The first-order chi connectivity index (χ1) is 10.4. The summed E-state index contributed by atoms with van der Waals surface area (Å²) < 4.78 is 1.68. The van der Waals surface area contributed by atoms with Gasteiger partial charge in [0.2, 0.25) is 0 Å². The van der Waals surface area contributed by atoms with Crippen molar-refractivity contribution >= 4 is 23.2 Å². The van der Waals surface area contributed by atoms with Crippen LogP contribution in [-0.4, -0.2) is 20.8 Å². The molecule has 0 saturated heterocycles. The fourth-order valence-corrected chi connectivity index (χ4v) is 3.10. The monoisotopic (exact) mass is 321 g/mol. The Morgan fingerprint density at radius 2 is 2.18 bits per heavy atom. The minimum absolute atomic E-state index is 0.247. The fraction of sp³-hybridized carbons (Fsp3) is 0.533. The van der Waals surface area contributed by atoms with Gasteiger partial charge in [0.15, 0.2) is 0 Å². The molecule has 1 atom stereocenters. The van der Waals surface area contributed by atoms with Crippen molar-refractivity contribution in [2.45, 2.75) is 46.1 Å². The van der Waals surface area contributed by atoms with E-state index < -0.39 is 5.54 Å². The fourth-order valence-electron chi connectivity index (χ4n) is 2.12. The van der Waals surface area contributed by atoms with E-state index in [4.69, 9.17) is 0 Å². The Morgan fingerprint density at radius 1 is 1.45 bits per heavy atom. The number of carbonyl (C=O) groups is 1. The summed E-state index contributed by atoms with van der Waals surface area (Å²) in [6.45, 7) is 8.02. The zero-order valence-corrected chi connectivity index (χ0v) is 14.5. The van der Waals surface area contributed by atoms with Crippen LogP contribution in [0.15, 0.2) is 11.4 Å². The minimum atomic E-state index is -0.477. The molecule has 6 nitrogen and oxygen atoms in total. The van der Waals surface area contributed by atoms with E-state index in [9.17, 15) is 4.79 Å². The van der Waals surface area contributed by atoms with E-state index in [2.05, 4.69) is 20.7 Å². The number of aryl methyl sites for hydroxylation is 3. The van der Waals surface area contributed by atoms with Gasteiger partial charge in [0.1, 0.15) is 10.8 Å². The first kappa shape index (κ1) is 16.5. The molecule has 120 valence electrons. The lowest BCUT2D eigenvalue weighted by Gasteiger charge is -2.27. The maximum Gasteiger partial charge on any atom is 0.321 e. The average molecular weight is 321 g/mol. The van der Waals surface area contributed by atoms with Crippen LogP contribution in [0.2, 0.25) is 0 Å². The first-order valence-electron chi connectivity index (χ1n) is 7.42. The number of nitrogens with zero attached hydrogens (tertiary/aromatic N) is 3. The van der Waals surface area contributed by atoms with E-state index in [1.165, 1.54) is 0 Å². The molecule has 2 aromatic heterocycles. The van der Waals surface area contributed by atoms with Crippen LogP contribution < -0.4 is 10.6 Å². The quantitative estimate of drug-likeness (QED) is 0.888. The van der Waals surface area contributed by atoms with Crippen molar-refractivity contribution in [3.05, 3.63) is 27.8 Å². The van der Waals surface area contributed by atoms with E-state index in [-0.39, 0.29) is 6.03 Å². The standard InChI is InChI=1S/C15H23N5OS/c1-6-11-8-12(20(5)19-11)17-14(21)18-15(4,7-2)13-16-10(3)9-22-13/h8-9H,6-7H2,1-5H3,(H2,17,18,21). The maximum atomic E-state index is 12.3. The number of anilines is 1. The number of thiazole rings is 1. The van der Waals surface area contributed by atoms with E-state index >= 15 is 0 Å². The second kappa shape index (κ2) is 6.48. The molecular formula is C15H23N5OS. The summed E-state index contributed by atoms with van der Waals surface area (Å²) in [7, 11) is 1.82. The van der Waals surface area contributed by atoms with Gasteiger partial charge < -0.3 is 5.32 Å². The molecule has 2 heterocycles. The van der Waals surface area contributed by atoms with Crippen LogP contribution in [0.1, 0.15) is 43.6 Å². The summed E-state index contributed by atoms with van der Waals surface area (Å²) in [5.41, 5.74) is 1.45. The molecule has 1 unspecified atom stereocenters. The molecule has 0 aliphatic heterocycles. The number of amides is 2. The van der Waals surface area contributed by atoms with Gasteiger partial charge in [-0.2, -0.15) is 5.10 Å². The Morgan fingerprint density at radius 3 is 2.68 bits per heavy atom. The SMILES string of the molecule is CCc1cc(NC(=O)NC(C)(CC)c2nc(C)cs2)n(C)n1. The molecule has 0 fully saturated rings. The highest BCUT2D eigenvalue weighted by molar-refractivity contribution is 7.09. The van der Waals surface area contributed by atoms with Crippen LogP contribution >= 0.6 is 11.3 Å². The minimum Gasteiger partial charge on any atom is -0.326 e. The lowest BCUT2D eigenvalue weighted by atomic mass is 10.0. The van der Waals surface area contributed by atoms with Crippen LogP contribution in [-0.2, 0) is 19.0 Å². The van der Waals surface area contributed by atoms with Crippen LogP contribution in [0.25, 0.3) is 0 Å². The van der Waals surface area contributed by atoms with E-state index in [1.807, 2.05) is 46.2 Å². The number of hydrogen-bond acceptors (Lipinski definition) is 4. The van der Waals surface area contributed by atoms with Crippen molar-refractivity contribution in [3.63, 3.8) is 0 Å². The zero-order chi connectivity index (χ0) is 16.3. The highest BCUT2D eigenvalue weighted by atomic mass is 32.1. The molecule has 2 rings (SSSR count). The lowest BCUT2D eigenvalue weighted by Crippen LogP contribution is -2.45. The third-order valence-corrected chi connectivity index (χ3v) is 4.95. The average Bonchev–Trinajstić information content (AvgIpc) is 3.05. The van der Waals surface area contributed by atoms with Gasteiger partial charge in [-0.25, -0.2) is 9.78 Å². The van der Waals surface area contributed by atoms with Gasteiger partial charge in [-0.3, -0.25) is 10.00 Å². The summed E-state index contributed by atoms with van der Waals surface area (Å²) in [5.74, 6) is 0.683. The van der Waals surface area contributed by atoms with E-state index in [1.54, 1.807) is 16.0 Å². The molecule has 0 aliphatic carbocycles. The van der Waals surface area contributed by atoms with Crippen molar-refractivity contribution in [2.24, 2.45) is 7.05 Å². The number of carbonyl (C=O) groups excluding carboxylic acids is 1. The topological polar surface area (TPSA) is 71.8 Å². The Bertz CT molecular complexity index is 663. The molecule has 0 aliphatic rings. The second-order valence-corrected chi connectivity index (χ2v) is 6.42. The predicted octanol–water partition coefficient (Wildman–Crippen LogP) is 3.19. The molecule has 0 aromatic carbocycles. The van der Waals surface area contributed by atoms with Crippen molar-refractivity contribution in [3.8, 4) is 0 Å². The van der Waals surface area contributed by atoms with Gasteiger partial charge in [-0.05, 0) is 26.7 Å². The van der Waals surface area contributed by atoms with Gasteiger partial charge in [-0.15, -0.1) is 11.3 Å². The Balaban J connectivity index is 2.10. The first-order valence-corrected chi connectivity index (χ1v) is 8.30. The second-order valence-electron chi connectivity index (χ2n) is 5.56. The molecular weight excluding hydrogens is 298 g/mol. The lowest BCUT2D eigenvalue weighted by molar-refractivity contribution is 0.237. The summed E-state index contributed by atoms with van der Waals surface area (Å²) in [6.07, 6.45) is 1.60. The maximum absolute atomic E-state index is 12.3. The van der Waals surface area contributed by atoms with Crippen LogP contribution in [0.4, 0.5) is 10.6 Å². The molecule has 0 saturated carbocycles. The molecule has 7 heteroatoms. The Labute approximate surface area is 135 Å². The highest BCUT2D eigenvalue weighted by Gasteiger charge is 2.30. The predicted molar refractivity (Wildman–Crippen MR) is 89.2 cm³/mol. The number of hydrogen-bond donors (Lipinski definition) is 2. The number of nitrogens with one attached hydrogen (secondary N) is 2. The molecule has 0 bridgehead atoms. The van der Waals surface area contributed by atoms with Gasteiger partial charge in [0, 0.05) is 24.2 Å². The number of aromatic nitrogens is 3. The summed E-state index contributed by atoms with van der Waals surface area (Å²) in [6, 6.07) is 1.64. The van der Waals surface area contributed by atoms with Crippen molar-refractivity contribution < 1.29 is 4.79 Å². The van der Waals surface area contributed by atoms with Crippen LogP contribution in [0, 0.1) is 6.92 Å². The summed E-state index contributed by atoms with van der Waals surface area (Å²) in [4.78, 5) is 16.8. The summed E-state index contributed by atoms with van der Waals surface area (Å²) in [5, 5.41) is 13.1. The molecule has 0 radical (unpaired) electrons. The van der Waals surface area contributed by atoms with E-state index in [0.29, 0.717) is 5.82 Å². The molecule has 0 spiro atoms. The smallest absolute Gasteiger partial charge is 0.321 e. The van der Waals surface area contributed by atoms with Crippen LogP contribution in [0.5, 0.6) is 0 Å². The van der Waals surface area contributed by atoms with Crippen LogP contribution in [0.3, 0.4) is 0 Å².